The normalized spacial score (nSPS) is 20.8. The summed E-state index contributed by atoms with van der Waals surface area (Å²) < 4.78 is 0. The van der Waals surface area contributed by atoms with Gasteiger partial charge in [0.05, 0.1) is 0 Å². The van der Waals surface area contributed by atoms with Gasteiger partial charge in [-0.3, -0.25) is 9.59 Å². The van der Waals surface area contributed by atoms with Crippen molar-refractivity contribution in [2.45, 2.75) is 12.5 Å². The Bertz CT molecular complexity index is 763. The molecule has 5 heteroatoms. The van der Waals surface area contributed by atoms with Crippen LogP contribution in [-0.4, -0.2) is 28.6 Å². The molecule has 0 spiro atoms. The number of pyridine rings is 1. The number of para-hydroxylation sites is 1. The van der Waals surface area contributed by atoms with Gasteiger partial charge in [0.1, 0.15) is 5.56 Å². The van der Waals surface area contributed by atoms with Gasteiger partial charge in [0.15, 0.2) is 0 Å². The summed E-state index contributed by atoms with van der Waals surface area (Å²) in [4.78, 5) is 27.5. The summed E-state index contributed by atoms with van der Waals surface area (Å²) in [6.07, 6.45) is 5.85. The van der Waals surface area contributed by atoms with E-state index in [0.717, 1.165) is 0 Å². The van der Waals surface area contributed by atoms with Gasteiger partial charge in [0.2, 0.25) is 5.43 Å². The van der Waals surface area contributed by atoms with Crippen molar-refractivity contribution in [2.24, 2.45) is 5.92 Å². The van der Waals surface area contributed by atoms with Crippen LogP contribution in [0.25, 0.3) is 10.9 Å². The summed E-state index contributed by atoms with van der Waals surface area (Å²) in [6, 6.07) is 6.95. The molecule has 0 radical (unpaired) electrons. The average Bonchev–Trinajstić information content (AvgIpc) is 2.95. The van der Waals surface area contributed by atoms with Gasteiger partial charge >= 0.3 is 0 Å². The van der Waals surface area contributed by atoms with Crippen LogP contribution in [-0.2, 0) is 0 Å². The number of carbonyl (C=O) groups is 1. The van der Waals surface area contributed by atoms with Crippen LogP contribution in [0.15, 0.2) is 47.4 Å². The number of hydrogen-bond donors (Lipinski definition) is 3. The highest BCUT2D eigenvalue weighted by atomic mass is 16.3. The van der Waals surface area contributed by atoms with Crippen molar-refractivity contribution in [1.82, 2.24) is 10.3 Å². The topological polar surface area (TPSA) is 82.2 Å². The van der Waals surface area contributed by atoms with Crippen LogP contribution in [0.2, 0.25) is 0 Å². The van der Waals surface area contributed by atoms with E-state index in [2.05, 4.69) is 10.3 Å². The van der Waals surface area contributed by atoms with E-state index in [1.807, 2.05) is 18.2 Å². The maximum atomic E-state index is 12.3. The Morgan fingerprint density at radius 1 is 1.33 bits per heavy atom. The number of fused-ring (bicyclic) bond motifs is 1. The number of hydrogen-bond acceptors (Lipinski definition) is 3. The van der Waals surface area contributed by atoms with Crippen molar-refractivity contribution >= 4 is 16.8 Å². The molecule has 1 aromatic heterocycles. The van der Waals surface area contributed by atoms with E-state index in [1.165, 1.54) is 6.20 Å². The van der Waals surface area contributed by atoms with Gasteiger partial charge in [-0.15, -0.1) is 0 Å². The fourth-order valence-corrected chi connectivity index (χ4v) is 2.60. The zero-order valence-corrected chi connectivity index (χ0v) is 11.4. The Balaban J connectivity index is 1.84. The summed E-state index contributed by atoms with van der Waals surface area (Å²) >= 11 is 0. The fourth-order valence-electron chi connectivity index (χ4n) is 2.60. The lowest BCUT2D eigenvalue weighted by Gasteiger charge is -2.12. The molecule has 21 heavy (non-hydrogen) atoms. The molecule has 2 aromatic rings. The van der Waals surface area contributed by atoms with E-state index in [0.29, 0.717) is 17.3 Å². The number of nitrogens with one attached hydrogen (secondary N) is 2. The Labute approximate surface area is 121 Å². The van der Waals surface area contributed by atoms with E-state index in [-0.39, 0.29) is 29.6 Å². The summed E-state index contributed by atoms with van der Waals surface area (Å²) in [5, 5.41) is 12.4. The highest BCUT2D eigenvalue weighted by molar-refractivity contribution is 5.97. The minimum Gasteiger partial charge on any atom is -0.396 e. The molecule has 2 atom stereocenters. The first-order valence-corrected chi connectivity index (χ1v) is 6.89. The Hall–Kier alpha value is -2.40. The number of aliphatic hydroxyl groups excluding tert-OH is 1. The minimum absolute atomic E-state index is 0.0689. The van der Waals surface area contributed by atoms with Gasteiger partial charge in [-0.1, -0.05) is 24.3 Å². The Morgan fingerprint density at radius 3 is 2.90 bits per heavy atom. The van der Waals surface area contributed by atoms with E-state index in [9.17, 15) is 9.59 Å². The predicted octanol–water partition coefficient (Wildman–Crippen LogP) is 1.19. The van der Waals surface area contributed by atoms with Gasteiger partial charge in [-0.25, -0.2) is 0 Å². The third kappa shape index (κ3) is 2.60. The van der Waals surface area contributed by atoms with Crippen molar-refractivity contribution < 1.29 is 9.90 Å². The zero-order valence-electron chi connectivity index (χ0n) is 11.4. The highest BCUT2D eigenvalue weighted by Gasteiger charge is 2.21. The first-order valence-electron chi connectivity index (χ1n) is 6.89. The maximum Gasteiger partial charge on any atom is 0.257 e. The number of H-pyrrole nitrogens is 1. The maximum absolute atomic E-state index is 12.3. The lowest BCUT2D eigenvalue weighted by Crippen LogP contribution is -2.35. The minimum atomic E-state index is -0.393. The second kappa shape index (κ2) is 5.54. The molecule has 108 valence electrons. The molecule has 3 rings (SSSR count). The smallest absolute Gasteiger partial charge is 0.257 e. The van der Waals surface area contributed by atoms with Crippen molar-refractivity contribution in [3.05, 3.63) is 58.4 Å². The van der Waals surface area contributed by atoms with Crippen LogP contribution in [0.4, 0.5) is 0 Å². The summed E-state index contributed by atoms with van der Waals surface area (Å²) in [7, 11) is 0. The van der Waals surface area contributed by atoms with Crippen molar-refractivity contribution in [3.63, 3.8) is 0 Å². The fraction of sp³-hybridized carbons (Fsp3) is 0.250. The van der Waals surface area contributed by atoms with Crippen LogP contribution in [0.5, 0.6) is 0 Å². The van der Waals surface area contributed by atoms with E-state index < -0.39 is 5.91 Å². The van der Waals surface area contributed by atoms with E-state index in [1.54, 1.807) is 18.2 Å². The highest BCUT2D eigenvalue weighted by Crippen LogP contribution is 2.17. The number of carbonyl (C=O) groups excluding carboxylic acids is 1. The van der Waals surface area contributed by atoms with Crippen LogP contribution in [0, 0.1) is 5.92 Å². The van der Waals surface area contributed by atoms with Gasteiger partial charge in [0, 0.05) is 35.7 Å². The first-order chi connectivity index (χ1) is 10.2. The quantitative estimate of drug-likeness (QED) is 0.741. The molecule has 0 fully saturated rings. The van der Waals surface area contributed by atoms with Gasteiger partial charge in [-0.2, -0.15) is 0 Å². The molecule has 1 aliphatic carbocycles. The van der Waals surface area contributed by atoms with Crippen molar-refractivity contribution in [1.29, 1.82) is 0 Å². The van der Waals surface area contributed by atoms with E-state index >= 15 is 0 Å². The van der Waals surface area contributed by atoms with Crippen molar-refractivity contribution in [3.8, 4) is 0 Å². The monoisotopic (exact) mass is 284 g/mol. The van der Waals surface area contributed by atoms with Crippen LogP contribution in [0.3, 0.4) is 0 Å². The van der Waals surface area contributed by atoms with Crippen LogP contribution in [0.1, 0.15) is 16.8 Å². The number of rotatable bonds is 3. The van der Waals surface area contributed by atoms with Gasteiger partial charge in [0.25, 0.3) is 5.91 Å². The molecule has 1 heterocycles. The molecular weight excluding hydrogens is 268 g/mol. The molecular formula is C16H16N2O3. The first kappa shape index (κ1) is 13.6. The second-order valence-electron chi connectivity index (χ2n) is 5.22. The molecule has 1 aromatic carbocycles. The van der Waals surface area contributed by atoms with Crippen LogP contribution >= 0.6 is 0 Å². The van der Waals surface area contributed by atoms with Crippen molar-refractivity contribution in [2.75, 3.05) is 6.61 Å². The lowest BCUT2D eigenvalue weighted by molar-refractivity contribution is 0.0940. The van der Waals surface area contributed by atoms with Gasteiger partial charge in [-0.05, 0) is 18.6 Å². The molecule has 0 unspecified atom stereocenters. The number of aromatic amines is 1. The zero-order chi connectivity index (χ0) is 14.8. The third-order valence-electron chi connectivity index (χ3n) is 3.76. The molecule has 1 aliphatic rings. The number of aliphatic hydroxyl groups is 1. The number of amides is 1. The van der Waals surface area contributed by atoms with E-state index in [4.69, 9.17) is 5.11 Å². The standard InChI is InChI=1S/C16H16N2O3/c19-9-10-5-6-11(7-10)18-16(21)13-8-17-14-4-2-1-3-12(14)15(13)20/h1-6,8,10-11,19H,7,9H2,(H,17,20)(H,18,21)/t10-,11+/m0/s1. The average molecular weight is 284 g/mol. The largest absolute Gasteiger partial charge is 0.396 e. The lowest BCUT2D eigenvalue weighted by atomic mass is 10.1. The SMILES string of the molecule is O=C(N[C@@H]1C=C[C@H](CO)C1)c1c[nH]c2ccccc2c1=O. The summed E-state index contributed by atoms with van der Waals surface area (Å²) in [6.45, 7) is 0.0689. The predicted molar refractivity (Wildman–Crippen MR) is 80.2 cm³/mol. The Morgan fingerprint density at radius 2 is 2.14 bits per heavy atom. The third-order valence-corrected chi connectivity index (χ3v) is 3.76. The summed E-state index contributed by atoms with van der Waals surface area (Å²) in [5.41, 5.74) is 0.539. The molecule has 0 saturated heterocycles. The molecule has 0 saturated carbocycles. The molecule has 1 amide bonds. The molecule has 5 nitrogen and oxygen atoms in total. The number of benzene rings is 1. The van der Waals surface area contributed by atoms with Gasteiger partial charge < -0.3 is 15.4 Å². The summed E-state index contributed by atoms with van der Waals surface area (Å²) in [5.74, 6) is -0.319. The second-order valence-corrected chi connectivity index (χ2v) is 5.22. The Kier molecular flexibility index (Phi) is 3.58. The molecule has 3 N–H and O–H groups in total. The molecule has 0 bridgehead atoms. The molecule has 0 aliphatic heterocycles. The van der Waals surface area contributed by atoms with Crippen LogP contribution < -0.4 is 10.7 Å². The number of aromatic nitrogens is 1.